The van der Waals surface area contributed by atoms with Gasteiger partial charge in [-0.2, -0.15) is 0 Å². The van der Waals surface area contributed by atoms with Gasteiger partial charge in [-0.05, 0) is 56.4 Å². The molecular weight excluding hydrogens is 253 g/mol. The number of hydrogen-bond donors (Lipinski definition) is 0. The number of halogens is 1. The van der Waals surface area contributed by atoms with Crippen molar-refractivity contribution in [2.24, 2.45) is 4.99 Å². The van der Waals surface area contributed by atoms with Crippen LogP contribution in [0.25, 0.3) is 0 Å². The van der Waals surface area contributed by atoms with Gasteiger partial charge >= 0.3 is 0 Å². The molecule has 0 unspecified atom stereocenters. The van der Waals surface area contributed by atoms with Gasteiger partial charge in [-0.1, -0.05) is 18.2 Å². The number of nitrogens with zero attached hydrogens (tertiary/aromatic N) is 1. The van der Waals surface area contributed by atoms with E-state index in [-0.39, 0.29) is 11.6 Å². The van der Waals surface area contributed by atoms with E-state index in [1.54, 1.807) is 27.0 Å². The molecule has 0 radical (unpaired) electrons. The Morgan fingerprint density at radius 2 is 2.10 bits per heavy atom. The quantitative estimate of drug-likeness (QED) is 0.720. The van der Waals surface area contributed by atoms with E-state index in [4.69, 9.17) is 0 Å². The highest BCUT2D eigenvalue weighted by molar-refractivity contribution is 6.03. The topological polar surface area (TPSA) is 29.4 Å². The molecule has 0 atom stereocenters. The Morgan fingerprint density at radius 1 is 1.40 bits per heavy atom. The van der Waals surface area contributed by atoms with Gasteiger partial charge in [-0.15, -0.1) is 0 Å². The lowest BCUT2D eigenvalue weighted by atomic mass is 9.96. The summed E-state index contributed by atoms with van der Waals surface area (Å²) in [6.07, 6.45) is 3.78. The Labute approximate surface area is 120 Å². The molecule has 20 heavy (non-hydrogen) atoms. The first kappa shape index (κ1) is 16.3. The van der Waals surface area contributed by atoms with E-state index in [1.165, 1.54) is 6.07 Å². The van der Waals surface area contributed by atoms with E-state index in [2.05, 4.69) is 4.99 Å². The molecule has 0 aliphatic rings. The summed E-state index contributed by atoms with van der Waals surface area (Å²) in [4.78, 5) is 15.5. The van der Waals surface area contributed by atoms with Crippen LogP contribution in [0.1, 0.15) is 37.8 Å². The maximum Gasteiger partial charge on any atom is 0.134 e. The molecule has 3 heteroatoms. The van der Waals surface area contributed by atoms with Gasteiger partial charge in [0.2, 0.25) is 0 Å². The SMILES string of the molecule is C/C=C(CC(C)=O)\C(CCc1cccc(F)c1C)=N/C. The zero-order valence-electron chi connectivity index (χ0n) is 12.7. The number of allylic oxidation sites excluding steroid dienone is 2. The fourth-order valence-electron chi connectivity index (χ4n) is 2.23. The van der Waals surface area contributed by atoms with E-state index < -0.39 is 0 Å². The van der Waals surface area contributed by atoms with Crippen LogP contribution in [-0.2, 0) is 11.2 Å². The van der Waals surface area contributed by atoms with Crippen molar-refractivity contribution in [1.29, 1.82) is 0 Å². The van der Waals surface area contributed by atoms with Crippen LogP contribution in [0.4, 0.5) is 4.39 Å². The molecule has 0 aliphatic heterocycles. The minimum absolute atomic E-state index is 0.126. The highest BCUT2D eigenvalue weighted by Gasteiger charge is 2.10. The number of ketones is 1. The summed E-state index contributed by atoms with van der Waals surface area (Å²) in [5.74, 6) is -0.0475. The fraction of sp³-hybridized carbons (Fsp3) is 0.412. The molecule has 0 aromatic heterocycles. The first-order valence-electron chi connectivity index (χ1n) is 6.84. The van der Waals surface area contributed by atoms with Crippen molar-refractivity contribution >= 4 is 11.5 Å². The second-order valence-corrected chi connectivity index (χ2v) is 4.89. The third-order valence-corrected chi connectivity index (χ3v) is 3.44. The standard InChI is InChI=1S/C17H22FNO/c1-5-14(11-12(2)20)17(19-4)10-9-15-7-6-8-16(18)13(15)3/h5-8H,9-11H2,1-4H3/b14-5-,19-17-. The van der Waals surface area contributed by atoms with Crippen molar-refractivity contribution in [1.82, 2.24) is 0 Å². The number of Topliss-reactive ketones (excluding diaryl/α,β-unsaturated/α-hetero) is 1. The summed E-state index contributed by atoms with van der Waals surface area (Å²) in [7, 11) is 1.73. The van der Waals surface area contributed by atoms with E-state index in [1.807, 2.05) is 19.1 Å². The van der Waals surface area contributed by atoms with Crippen LogP contribution in [0.5, 0.6) is 0 Å². The van der Waals surface area contributed by atoms with Gasteiger partial charge in [0.1, 0.15) is 11.6 Å². The van der Waals surface area contributed by atoms with Gasteiger partial charge in [-0.25, -0.2) is 4.39 Å². The molecule has 0 aliphatic carbocycles. The maximum absolute atomic E-state index is 13.5. The second kappa shape index (κ2) is 7.73. The molecule has 1 aromatic carbocycles. The van der Waals surface area contributed by atoms with Crippen LogP contribution in [-0.4, -0.2) is 18.5 Å². The third-order valence-electron chi connectivity index (χ3n) is 3.44. The van der Waals surface area contributed by atoms with Crippen LogP contribution in [0, 0.1) is 12.7 Å². The number of hydrogen-bond acceptors (Lipinski definition) is 2. The van der Waals surface area contributed by atoms with Crippen LogP contribution >= 0.6 is 0 Å². The summed E-state index contributed by atoms with van der Waals surface area (Å²) in [6, 6.07) is 5.14. The Bertz CT molecular complexity index is 544. The molecule has 0 heterocycles. The lowest BCUT2D eigenvalue weighted by molar-refractivity contribution is -0.116. The third kappa shape index (κ3) is 4.41. The van der Waals surface area contributed by atoms with Gasteiger partial charge in [0.05, 0.1) is 0 Å². The van der Waals surface area contributed by atoms with Crippen molar-refractivity contribution in [3.05, 3.63) is 46.8 Å². The average molecular weight is 275 g/mol. The summed E-state index contributed by atoms with van der Waals surface area (Å²) in [6.45, 7) is 5.28. The van der Waals surface area contributed by atoms with Gasteiger partial charge in [0.15, 0.2) is 0 Å². The average Bonchev–Trinajstić information content (AvgIpc) is 2.42. The molecule has 108 valence electrons. The lowest BCUT2D eigenvalue weighted by Crippen LogP contribution is -2.09. The molecule has 2 nitrogen and oxygen atoms in total. The van der Waals surface area contributed by atoms with E-state index in [0.717, 1.165) is 23.3 Å². The summed E-state index contributed by atoms with van der Waals surface area (Å²) in [5, 5.41) is 0. The number of carbonyl (C=O) groups is 1. The number of aryl methyl sites for hydroxylation is 1. The second-order valence-electron chi connectivity index (χ2n) is 4.89. The first-order valence-corrected chi connectivity index (χ1v) is 6.84. The Morgan fingerprint density at radius 3 is 2.65 bits per heavy atom. The number of benzene rings is 1. The van der Waals surface area contributed by atoms with Crippen molar-refractivity contribution in [2.75, 3.05) is 7.05 Å². The minimum Gasteiger partial charge on any atom is -0.300 e. The monoisotopic (exact) mass is 275 g/mol. The highest BCUT2D eigenvalue weighted by atomic mass is 19.1. The van der Waals surface area contributed by atoms with E-state index in [0.29, 0.717) is 18.4 Å². The zero-order valence-corrected chi connectivity index (χ0v) is 12.7. The lowest BCUT2D eigenvalue weighted by Gasteiger charge is -2.11. The van der Waals surface area contributed by atoms with Crippen molar-refractivity contribution in [2.45, 2.75) is 40.0 Å². The molecule has 0 spiro atoms. The maximum atomic E-state index is 13.5. The Hall–Kier alpha value is -1.77. The highest BCUT2D eigenvalue weighted by Crippen LogP contribution is 2.16. The predicted octanol–water partition coefficient (Wildman–Crippen LogP) is 4.06. The molecule has 0 saturated heterocycles. The first-order chi connectivity index (χ1) is 9.49. The van der Waals surface area contributed by atoms with E-state index in [9.17, 15) is 9.18 Å². The zero-order chi connectivity index (χ0) is 15.1. The molecule has 1 aromatic rings. The number of carbonyl (C=O) groups excluding carboxylic acids is 1. The molecule has 0 fully saturated rings. The van der Waals surface area contributed by atoms with Gasteiger partial charge in [0.25, 0.3) is 0 Å². The minimum atomic E-state index is -0.174. The summed E-state index contributed by atoms with van der Waals surface area (Å²) < 4.78 is 13.5. The molecular formula is C17H22FNO. The van der Waals surface area contributed by atoms with Gasteiger partial charge in [-0.3, -0.25) is 9.79 Å². The van der Waals surface area contributed by atoms with Crippen molar-refractivity contribution in [3.8, 4) is 0 Å². The van der Waals surface area contributed by atoms with Gasteiger partial charge in [0, 0.05) is 19.2 Å². The van der Waals surface area contributed by atoms with Crippen molar-refractivity contribution in [3.63, 3.8) is 0 Å². The van der Waals surface area contributed by atoms with Crippen LogP contribution in [0.3, 0.4) is 0 Å². The summed E-state index contributed by atoms with van der Waals surface area (Å²) in [5.41, 5.74) is 3.57. The molecule has 0 amide bonds. The Kier molecular flexibility index (Phi) is 6.29. The smallest absolute Gasteiger partial charge is 0.134 e. The van der Waals surface area contributed by atoms with Gasteiger partial charge < -0.3 is 0 Å². The molecule has 1 rings (SSSR count). The number of aliphatic imine (C=N–C) groups is 1. The molecule has 0 saturated carbocycles. The van der Waals surface area contributed by atoms with Crippen molar-refractivity contribution < 1.29 is 9.18 Å². The molecule has 0 bridgehead atoms. The van der Waals surface area contributed by atoms with Crippen LogP contribution < -0.4 is 0 Å². The Balaban J connectivity index is 2.80. The normalized spacial score (nSPS) is 12.7. The fourth-order valence-corrected chi connectivity index (χ4v) is 2.23. The van der Waals surface area contributed by atoms with Crippen LogP contribution in [0.2, 0.25) is 0 Å². The largest absolute Gasteiger partial charge is 0.300 e. The van der Waals surface area contributed by atoms with Crippen LogP contribution in [0.15, 0.2) is 34.8 Å². The summed E-state index contributed by atoms with van der Waals surface area (Å²) >= 11 is 0. The molecule has 0 N–H and O–H groups in total. The predicted molar refractivity (Wildman–Crippen MR) is 81.9 cm³/mol. The van der Waals surface area contributed by atoms with E-state index >= 15 is 0 Å². The number of rotatable bonds is 6.